The third-order valence-electron chi connectivity index (χ3n) is 2.89. The van der Waals surface area contributed by atoms with Crippen molar-refractivity contribution in [1.29, 1.82) is 0 Å². The van der Waals surface area contributed by atoms with Gasteiger partial charge in [0.2, 0.25) is 0 Å². The number of nitrogen functional groups attached to an aromatic ring is 1. The lowest BCUT2D eigenvalue weighted by atomic mass is 9.78. The summed E-state index contributed by atoms with van der Waals surface area (Å²) in [5.41, 5.74) is 15.2. The maximum Gasteiger partial charge on any atom is 0.0384 e. The van der Waals surface area contributed by atoms with Crippen molar-refractivity contribution >= 4 is 5.69 Å². The van der Waals surface area contributed by atoms with Crippen molar-refractivity contribution in [2.75, 3.05) is 5.73 Å². The first kappa shape index (κ1) is 8.57. The number of anilines is 1. The van der Waals surface area contributed by atoms with Crippen LogP contribution in [0.4, 0.5) is 5.69 Å². The molecule has 1 aliphatic carbocycles. The molecule has 0 spiro atoms. The Morgan fingerprint density at radius 3 is 2.92 bits per heavy atom. The van der Waals surface area contributed by atoms with Gasteiger partial charge >= 0.3 is 0 Å². The van der Waals surface area contributed by atoms with Gasteiger partial charge in [-0.3, -0.25) is 0 Å². The predicted octanol–water partition coefficient (Wildman–Crippen LogP) is 1.78. The Kier molecular flexibility index (Phi) is 1.81. The molecule has 4 N–H and O–H groups in total. The zero-order valence-electron chi connectivity index (χ0n) is 8.01. The largest absolute Gasteiger partial charge is 0.399 e. The highest BCUT2D eigenvalue weighted by molar-refractivity contribution is 5.48. The first-order chi connectivity index (χ1) is 6.09. The lowest BCUT2D eigenvalue weighted by Crippen LogP contribution is -2.36. The molecule has 1 aromatic carbocycles. The number of nitrogens with two attached hydrogens (primary N) is 2. The molecular weight excluding hydrogens is 160 g/mol. The standard InChI is InChI=1S/C11H16N2/c1-11(13)6-2-3-8-4-5-9(12)7-10(8)11/h4-5,7H,2-3,6,12-13H2,1H3. The molecule has 1 unspecified atom stereocenters. The molecule has 1 atom stereocenters. The molecule has 0 fully saturated rings. The summed E-state index contributed by atoms with van der Waals surface area (Å²) in [5.74, 6) is 0. The Bertz CT molecular complexity index is 329. The van der Waals surface area contributed by atoms with Crippen LogP contribution < -0.4 is 11.5 Å². The molecular formula is C11H16N2. The SMILES string of the molecule is CC1(N)CCCc2ccc(N)cc21. The number of hydrogen-bond acceptors (Lipinski definition) is 2. The fourth-order valence-corrected chi connectivity index (χ4v) is 2.12. The van der Waals surface area contributed by atoms with Crippen molar-refractivity contribution in [2.24, 2.45) is 5.73 Å². The molecule has 0 aliphatic heterocycles. The van der Waals surface area contributed by atoms with Crippen LogP contribution in [-0.2, 0) is 12.0 Å². The molecule has 0 saturated carbocycles. The number of fused-ring (bicyclic) bond motifs is 1. The normalized spacial score (nSPS) is 26.9. The predicted molar refractivity (Wildman–Crippen MR) is 55.3 cm³/mol. The Morgan fingerprint density at radius 2 is 2.15 bits per heavy atom. The second-order valence-corrected chi connectivity index (χ2v) is 4.19. The van der Waals surface area contributed by atoms with Gasteiger partial charge in [0.05, 0.1) is 0 Å². The Morgan fingerprint density at radius 1 is 1.38 bits per heavy atom. The van der Waals surface area contributed by atoms with Gasteiger partial charge in [0.15, 0.2) is 0 Å². The van der Waals surface area contributed by atoms with Gasteiger partial charge < -0.3 is 11.5 Å². The number of hydrogen-bond donors (Lipinski definition) is 2. The van der Waals surface area contributed by atoms with Crippen LogP contribution >= 0.6 is 0 Å². The quantitative estimate of drug-likeness (QED) is 0.592. The zero-order valence-corrected chi connectivity index (χ0v) is 8.01. The minimum Gasteiger partial charge on any atom is -0.399 e. The molecule has 1 aliphatic rings. The van der Waals surface area contributed by atoms with Crippen LogP contribution in [0.1, 0.15) is 30.9 Å². The maximum absolute atomic E-state index is 6.20. The summed E-state index contributed by atoms with van der Waals surface area (Å²) in [6, 6.07) is 6.09. The van der Waals surface area contributed by atoms with Crippen LogP contribution in [-0.4, -0.2) is 0 Å². The van der Waals surface area contributed by atoms with E-state index in [4.69, 9.17) is 11.5 Å². The molecule has 0 amide bonds. The van der Waals surface area contributed by atoms with E-state index in [-0.39, 0.29) is 5.54 Å². The minimum atomic E-state index is -0.178. The Labute approximate surface area is 78.9 Å². The summed E-state index contributed by atoms with van der Waals surface area (Å²) in [4.78, 5) is 0. The van der Waals surface area contributed by atoms with Crippen LogP contribution in [0.3, 0.4) is 0 Å². The van der Waals surface area contributed by atoms with E-state index in [0.717, 1.165) is 18.5 Å². The van der Waals surface area contributed by atoms with E-state index >= 15 is 0 Å². The monoisotopic (exact) mass is 176 g/mol. The van der Waals surface area contributed by atoms with Crippen molar-refractivity contribution in [3.8, 4) is 0 Å². The van der Waals surface area contributed by atoms with E-state index in [2.05, 4.69) is 13.0 Å². The fraction of sp³-hybridized carbons (Fsp3) is 0.455. The van der Waals surface area contributed by atoms with E-state index in [1.54, 1.807) is 0 Å². The molecule has 0 heterocycles. The summed E-state index contributed by atoms with van der Waals surface area (Å²) < 4.78 is 0. The molecule has 70 valence electrons. The molecule has 13 heavy (non-hydrogen) atoms. The zero-order chi connectivity index (χ0) is 9.47. The molecule has 0 radical (unpaired) electrons. The third-order valence-corrected chi connectivity index (χ3v) is 2.89. The molecule has 2 nitrogen and oxygen atoms in total. The highest BCUT2D eigenvalue weighted by Gasteiger charge is 2.27. The second-order valence-electron chi connectivity index (χ2n) is 4.19. The van der Waals surface area contributed by atoms with Crippen LogP contribution in [0.2, 0.25) is 0 Å². The second kappa shape index (κ2) is 2.74. The van der Waals surface area contributed by atoms with E-state index in [1.165, 1.54) is 17.5 Å². The van der Waals surface area contributed by atoms with E-state index in [0.29, 0.717) is 0 Å². The number of aryl methyl sites for hydroxylation is 1. The van der Waals surface area contributed by atoms with Crippen molar-refractivity contribution in [2.45, 2.75) is 31.7 Å². The minimum absolute atomic E-state index is 0.178. The molecule has 0 saturated heterocycles. The van der Waals surface area contributed by atoms with E-state index in [9.17, 15) is 0 Å². The first-order valence-corrected chi connectivity index (χ1v) is 4.77. The van der Waals surface area contributed by atoms with Crippen molar-refractivity contribution in [3.63, 3.8) is 0 Å². The fourth-order valence-electron chi connectivity index (χ4n) is 2.12. The van der Waals surface area contributed by atoms with Gasteiger partial charge in [-0.2, -0.15) is 0 Å². The summed E-state index contributed by atoms with van der Waals surface area (Å²) in [5, 5.41) is 0. The van der Waals surface area contributed by atoms with Crippen LogP contribution in [0.25, 0.3) is 0 Å². The highest BCUT2D eigenvalue weighted by atomic mass is 14.7. The van der Waals surface area contributed by atoms with Crippen LogP contribution in [0.15, 0.2) is 18.2 Å². The van der Waals surface area contributed by atoms with Crippen molar-refractivity contribution in [1.82, 2.24) is 0 Å². The van der Waals surface area contributed by atoms with E-state index < -0.39 is 0 Å². The van der Waals surface area contributed by atoms with Gasteiger partial charge in [0.1, 0.15) is 0 Å². The smallest absolute Gasteiger partial charge is 0.0384 e. The molecule has 2 rings (SSSR count). The summed E-state index contributed by atoms with van der Waals surface area (Å²) >= 11 is 0. The van der Waals surface area contributed by atoms with Gasteiger partial charge in [-0.25, -0.2) is 0 Å². The Balaban J connectivity index is 2.55. The van der Waals surface area contributed by atoms with E-state index in [1.807, 2.05) is 12.1 Å². The average molecular weight is 176 g/mol. The van der Waals surface area contributed by atoms with Crippen LogP contribution in [0.5, 0.6) is 0 Å². The first-order valence-electron chi connectivity index (χ1n) is 4.77. The summed E-state index contributed by atoms with van der Waals surface area (Å²) in [6.45, 7) is 2.09. The molecule has 2 heteroatoms. The van der Waals surface area contributed by atoms with Gasteiger partial charge in [-0.05, 0) is 49.4 Å². The molecule has 0 aromatic heterocycles. The maximum atomic E-state index is 6.20. The van der Waals surface area contributed by atoms with Crippen LogP contribution in [0, 0.1) is 0 Å². The number of rotatable bonds is 0. The van der Waals surface area contributed by atoms with Gasteiger partial charge in [0, 0.05) is 11.2 Å². The lowest BCUT2D eigenvalue weighted by Gasteiger charge is -2.32. The van der Waals surface area contributed by atoms with Gasteiger partial charge in [-0.15, -0.1) is 0 Å². The average Bonchev–Trinajstić information content (AvgIpc) is 2.06. The Hall–Kier alpha value is -1.02. The molecule has 1 aromatic rings. The molecule has 0 bridgehead atoms. The summed E-state index contributed by atoms with van der Waals surface area (Å²) in [6.07, 6.45) is 3.38. The topological polar surface area (TPSA) is 52.0 Å². The highest BCUT2D eigenvalue weighted by Crippen LogP contribution is 2.33. The lowest BCUT2D eigenvalue weighted by molar-refractivity contribution is 0.409. The van der Waals surface area contributed by atoms with Gasteiger partial charge in [0.25, 0.3) is 0 Å². The van der Waals surface area contributed by atoms with Crippen molar-refractivity contribution < 1.29 is 0 Å². The van der Waals surface area contributed by atoms with Crippen molar-refractivity contribution in [3.05, 3.63) is 29.3 Å². The van der Waals surface area contributed by atoms with Gasteiger partial charge in [-0.1, -0.05) is 6.07 Å². The summed E-state index contributed by atoms with van der Waals surface area (Å²) in [7, 11) is 0. The third kappa shape index (κ3) is 1.42. The number of benzene rings is 1.